The maximum atomic E-state index is 13.5. The lowest BCUT2D eigenvalue weighted by molar-refractivity contribution is -0.122. The Hall–Kier alpha value is -6.21. The van der Waals surface area contributed by atoms with Crippen molar-refractivity contribution in [3.8, 4) is 23.0 Å². The SMILES string of the molecule is CCC(Oc1ccc(C)cc1C)C(=O)Nc1ccc(Oc2cc(C(=O)Nc3ccc(C(=O)O)cc3)c(O)c3ccccc23)c(COC(=O)N2CCSC2)c1. The van der Waals surface area contributed by atoms with Crippen LogP contribution in [-0.2, 0) is 16.1 Å². The molecule has 0 radical (unpaired) electrons. The molecule has 12 nitrogen and oxygen atoms in total. The molecule has 1 aliphatic heterocycles. The normalized spacial score (nSPS) is 12.9. The van der Waals surface area contributed by atoms with E-state index in [2.05, 4.69) is 10.6 Å². The van der Waals surface area contributed by atoms with E-state index in [4.69, 9.17) is 14.2 Å². The third kappa shape index (κ3) is 8.69. The van der Waals surface area contributed by atoms with E-state index in [0.29, 0.717) is 52.3 Å². The molecule has 1 heterocycles. The van der Waals surface area contributed by atoms with Gasteiger partial charge in [-0.1, -0.05) is 48.9 Å². The largest absolute Gasteiger partial charge is 0.506 e. The van der Waals surface area contributed by atoms with Crippen LogP contribution in [0.1, 0.15) is 50.8 Å². The van der Waals surface area contributed by atoms with Crippen LogP contribution in [-0.4, -0.2) is 63.3 Å². The first kappa shape index (κ1) is 37.5. The molecule has 0 saturated carbocycles. The number of aromatic hydroxyl groups is 1. The predicted octanol–water partition coefficient (Wildman–Crippen LogP) is 8.34. The lowest BCUT2D eigenvalue weighted by Gasteiger charge is -2.20. The van der Waals surface area contributed by atoms with Gasteiger partial charge in [0, 0.05) is 40.0 Å². The lowest BCUT2D eigenvalue weighted by atomic mass is 10.0. The number of carbonyl (C=O) groups is 4. The quantitative estimate of drug-likeness (QED) is 0.0975. The molecular formula is C41H39N3O9S. The first-order chi connectivity index (χ1) is 26.0. The van der Waals surface area contributed by atoms with Crippen molar-refractivity contribution in [3.05, 3.63) is 119 Å². The van der Waals surface area contributed by atoms with Gasteiger partial charge in [-0.25, -0.2) is 9.59 Å². The maximum absolute atomic E-state index is 13.5. The van der Waals surface area contributed by atoms with E-state index < -0.39 is 24.1 Å². The molecule has 0 bridgehead atoms. The second kappa shape index (κ2) is 16.6. The molecule has 6 rings (SSSR count). The van der Waals surface area contributed by atoms with E-state index in [-0.39, 0.29) is 40.9 Å². The van der Waals surface area contributed by atoms with Crippen LogP contribution in [0.3, 0.4) is 0 Å². The smallest absolute Gasteiger partial charge is 0.410 e. The van der Waals surface area contributed by atoms with Gasteiger partial charge in [0.05, 0.1) is 17.0 Å². The minimum absolute atomic E-state index is 0.0551. The standard InChI is InChI=1S/C41H39N3O9S/c1-4-33(52-34-15-9-24(2)19-25(34)3)39(47)43-29-14-16-35(27(20-29)22-51-41(50)44-17-18-54-23-44)53-36-21-32(37(45)31-8-6-5-7-30(31)36)38(46)42-28-12-10-26(11-13-28)40(48)49/h5-16,19-21,33,45H,4,17-18,22-23H2,1-3H3,(H,42,46)(H,43,47)(H,48,49). The topological polar surface area (TPSA) is 164 Å². The van der Waals surface area contributed by atoms with Gasteiger partial charge in [-0.05, 0) is 80.4 Å². The fraction of sp³-hybridized carbons (Fsp3) is 0.220. The molecule has 0 aliphatic carbocycles. The molecule has 3 amide bonds. The molecule has 0 spiro atoms. The van der Waals surface area contributed by atoms with Gasteiger partial charge < -0.3 is 35.1 Å². The molecule has 1 fully saturated rings. The van der Waals surface area contributed by atoms with Crippen molar-refractivity contribution < 1.29 is 43.6 Å². The molecule has 0 aromatic heterocycles. The molecule has 278 valence electrons. The molecule has 5 aromatic carbocycles. The number of phenolic OH excluding ortho intramolecular Hbond substituents is 1. The highest BCUT2D eigenvalue weighted by molar-refractivity contribution is 7.99. The second-order valence-electron chi connectivity index (χ2n) is 12.7. The molecule has 5 aromatic rings. The summed E-state index contributed by atoms with van der Waals surface area (Å²) >= 11 is 1.63. The summed E-state index contributed by atoms with van der Waals surface area (Å²) in [6, 6.07) is 24.6. The first-order valence-electron chi connectivity index (χ1n) is 17.2. The van der Waals surface area contributed by atoms with Gasteiger partial charge in [0.15, 0.2) is 6.10 Å². The number of hydrogen-bond acceptors (Lipinski definition) is 9. The number of carboxylic acid groups (broad SMARTS) is 1. The molecular weight excluding hydrogens is 711 g/mol. The second-order valence-corrected chi connectivity index (χ2v) is 13.8. The van der Waals surface area contributed by atoms with Crippen LogP contribution in [0.25, 0.3) is 10.8 Å². The highest BCUT2D eigenvalue weighted by Crippen LogP contribution is 2.40. The van der Waals surface area contributed by atoms with Gasteiger partial charge in [-0.15, -0.1) is 11.8 Å². The number of thioether (sulfide) groups is 1. The summed E-state index contributed by atoms with van der Waals surface area (Å²) in [4.78, 5) is 52.7. The third-order valence-electron chi connectivity index (χ3n) is 8.79. The van der Waals surface area contributed by atoms with Crippen LogP contribution in [0.5, 0.6) is 23.0 Å². The minimum atomic E-state index is -1.10. The number of phenols is 1. The van der Waals surface area contributed by atoms with Crippen molar-refractivity contribution >= 4 is 57.8 Å². The number of aromatic carboxylic acids is 1. The number of amides is 3. The van der Waals surface area contributed by atoms with Crippen molar-refractivity contribution in [2.24, 2.45) is 0 Å². The number of nitrogens with one attached hydrogen (secondary N) is 2. The van der Waals surface area contributed by atoms with Gasteiger partial charge in [-0.2, -0.15) is 0 Å². The summed E-state index contributed by atoms with van der Waals surface area (Å²) < 4.78 is 18.2. The average Bonchev–Trinajstić information content (AvgIpc) is 3.71. The number of carbonyl (C=O) groups excluding carboxylic acids is 3. The zero-order chi connectivity index (χ0) is 38.4. The Kier molecular flexibility index (Phi) is 11.6. The zero-order valence-corrected chi connectivity index (χ0v) is 30.7. The summed E-state index contributed by atoms with van der Waals surface area (Å²) in [6.07, 6.45) is -0.853. The summed E-state index contributed by atoms with van der Waals surface area (Å²) in [5.41, 5.74) is 3.13. The summed E-state index contributed by atoms with van der Waals surface area (Å²) in [7, 11) is 0. The third-order valence-corrected chi connectivity index (χ3v) is 9.75. The van der Waals surface area contributed by atoms with Crippen molar-refractivity contribution in [2.75, 3.05) is 28.8 Å². The van der Waals surface area contributed by atoms with E-state index >= 15 is 0 Å². The number of hydrogen-bond donors (Lipinski definition) is 4. The lowest BCUT2D eigenvalue weighted by Crippen LogP contribution is -2.32. The van der Waals surface area contributed by atoms with Crippen LogP contribution >= 0.6 is 11.8 Å². The maximum Gasteiger partial charge on any atom is 0.410 e. The highest BCUT2D eigenvalue weighted by Gasteiger charge is 2.24. The Morgan fingerprint density at radius 2 is 1.57 bits per heavy atom. The Morgan fingerprint density at radius 1 is 0.852 bits per heavy atom. The van der Waals surface area contributed by atoms with Crippen LogP contribution < -0.4 is 20.1 Å². The Labute approximate surface area is 316 Å². The van der Waals surface area contributed by atoms with Gasteiger partial charge >= 0.3 is 12.1 Å². The van der Waals surface area contributed by atoms with Crippen LogP contribution in [0.4, 0.5) is 16.2 Å². The van der Waals surface area contributed by atoms with Gasteiger partial charge in [0.1, 0.15) is 29.6 Å². The molecule has 1 atom stereocenters. The summed E-state index contributed by atoms with van der Waals surface area (Å²) in [6.45, 7) is 6.15. The Bertz CT molecular complexity index is 2220. The highest BCUT2D eigenvalue weighted by atomic mass is 32.2. The number of aryl methyl sites for hydroxylation is 2. The van der Waals surface area contributed by atoms with Gasteiger partial charge in [0.2, 0.25) is 0 Å². The van der Waals surface area contributed by atoms with Gasteiger partial charge in [-0.3, -0.25) is 14.5 Å². The van der Waals surface area contributed by atoms with Crippen LogP contribution in [0.2, 0.25) is 0 Å². The van der Waals surface area contributed by atoms with Crippen LogP contribution in [0, 0.1) is 13.8 Å². The summed E-state index contributed by atoms with van der Waals surface area (Å²) in [5, 5.41) is 26.9. The average molecular weight is 750 g/mol. The van der Waals surface area contributed by atoms with Gasteiger partial charge in [0.25, 0.3) is 11.8 Å². The zero-order valence-electron chi connectivity index (χ0n) is 29.9. The number of nitrogens with zero attached hydrogens (tertiary/aromatic N) is 1. The number of benzene rings is 5. The van der Waals surface area contributed by atoms with Crippen LogP contribution in [0.15, 0.2) is 91.0 Å². The van der Waals surface area contributed by atoms with E-state index in [0.717, 1.165) is 16.9 Å². The fourth-order valence-electron chi connectivity index (χ4n) is 5.89. The van der Waals surface area contributed by atoms with Crippen molar-refractivity contribution in [3.63, 3.8) is 0 Å². The Morgan fingerprint density at radius 3 is 2.26 bits per heavy atom. The van der Waals surface area contributed by atoms with Crippen molar-refractivity contribution in [1.29, 1.82) is 0 Å². The number of rotatable bonds is 12. The fourth-order valence-corrected chi connectivity index (χ4v) is 6.82. The molecule has 1 saturated heterocycles. The molecule has 1 unspecified atom stereocenters. The minimum Gasteiger partial charge on any atom is -0.506 e. The monoisotopic (exact) mass is 749 g/mol. The molecule has 54 heavy (non-hydrogen) atoms. The Balaban J connectivity index is 1.30. The molecule has 4 N–H and O–H groups in total. The number of fused-ring (bicyclic) bond motifs is 1. The summed E-state index contributed by atoms with van der Waals surface area (Å²) in [5.74, 6) is 0.0529. The molecule has 1 aliphatic rings. The van der Waals surface area contributed by atoms with E-state index in [1.807, 2.05) is 39.0 Å². The van der Waals surface area contributed by atoms with E-state index in [1.54, 1.807) is 59.1 Å². The number of ether oxygens (including phenoxy) is 3. The number of carboxylic acids is 1. The predicted molar refractivity (Wildman–Crippen MR) is 207 cm³/mol. The van der Waals surface area contributed by atoms with E-state index in [1.165, 1.54) is 30.3 Å². The van der Waals surface area contributed by atoms with Crippen molar-refractivity contribution in [2.45, 2.75) is 39.9 Å². The van der Waals surface area contributed by atoms with E-state index in [9.17, 15) is 29.4 Å². The first-order valence-corrected chi connectivity index (χ1v) is 18.4. The van der Waals surface area contributed by atoms with Crippen molar-refractivity contribution in [1.82, 2.24) is 4.90 Å². The molecule has 13 heteroatoms. The number of anilines is 2.